The lowest BCUT2D eigenvalue weighted by Crippen LogP contribution is -2.45. The smallest absolute Gasteiger partial charge is 0.416 e. The van der Waals surface area contributed by atoms with Gasteiger partial charge in [-0.2, -0.15) is 0 Å². The molecule has 2 aromatic rings. The van der Waals surface area contributed by atoms with Gasteiger partial charge < -0.3 is 19.1 Å². The summed E-state index contributed by atoms with van der Waals surface area (Å²) in [5, 5.41) is 0. The number of cyclic esters (lactones) is 1. The molecule has 0 spiro atoms. The van der Waals surface area contributed by atoms with Crippen molar-refractivity contribution in [1.82, 2.24) is 9.80 Å². The van der Waals surface area contributed by atoms with E-state index < -0.39 is 17.9 Å². The summed E-state index contributed by atoms with van der Waals surface area (Å²) in [6.07, 6.45) is -0.129. The van der Waals surface area contributed by atoms with Crippen LogP contribution < -0.4 is 9.47 Å². The highest BCUT2D eigenvalue weighted by molar-refractivity contribution is 5.98. The van der Waals surface area contributed by atoms with Crippen molar-refractivity contribution in [3.8, 4) is 11.5 Å². The van der Waals surface area contributed by atoms with Crippen LogP contribution in [-0.4, -0.2) is 61.1 Å². The lowest BCUT2D eigenvalue weighted by atomic mass is 9.95. The molecular weight excluding hydrogens is 424 g/mol. The minimum absolute atomic E-state index is 0.126. The van der Waals surface area contributed by atoms with Crippen molar-refractivity contribution < 1.29 is 28.6 Å². The number of hydrogen-bond acceptors (Lipinski definition) is 6. The maximum absolute atomic E-state index is 13.4. The van der Waals surface area contributed by atoms with Crippen LogP contribution in [0.1, 0.15) is 18.1 Å². The Labute approximate surface area is 193 Å². The molecule has 174 valence electrons. The van der Waals surface area contributed by atoms with E-state index in [4.69, 9.17) is 14.2 Å². The first kappa shape index (κ1) is 22.6. The Balaban J connectivity index is 1.49. The van der Waals surface area contributed by atoms with Crippen molar-refractivity contribution in [2.45, 2.75) is 25.9 Å². The number of methoxy groups -OCH3 is 2. The summed E-state index contributed by atoms with van der Waals surface area (Å²) in [5.74, 6) is -0.377. The van der Waals surface area contributed by atoms with Crippen LogP contribution in [0.4, 0.5) is 4.79 Å². The average molecular weight is 453 g/mol. The maximum atomic E-state index is 13.4. The highest BCUT2D eigenvalue weighted by Crippen LogP contribution is 2.32. The predicted molar refractivity (Wildman–Crippen MR) is 120 cm³/mol. The van der Waals surface area contributed by atoms with E-state index in [2.05, 4.69) is 0 Å². The van der Waals surface area contributed by atoms with Gasteiger partial charge in [-0.3, -0.25) is 9.59 Å². The molecule has 33 heavy (non-hydrogen) atoms. The molecule has 0 N–H and O–H groups in total. The van der Waals surface area contributed by atoms with Gasteiger partial charge in [0.05, 0.1) is 26.2 Å². The average Bonchev–Trinajstić information content (AvgIpc) is 3.33. The second-order valence-corrected chi connectivity index (χ2v) is 8.42. The fraction of sp³-hybridized carbons (Fsp3) is 0.400. The number of nitrogens with zero attached hydrogens (tertiary/aromatic N) is 2. The van der Waals surface area contributed by atoms with Crippen LogP contribution in [0, 0.1) is 11.8 Å². The first-order valence-electron chi connectivity index (χ1n) is 11.0. The molecular formula is C25H28N2O6. The molecule has 3 atom stereocenters. The number of benzene rings is 2. The third-order valence-electron chi connectivity index (χ3n) is 6.41. The number of imide groups is 1. The van der Waals surface area contributed by atoms with E-state index in [-0.39, 0.29) is 31.0 Å². The van der Waals surface area contributed by atoms with Gasteiger partial charge in [-0.05, 0) is 24.1 Å². The molecule has 0 unspecified atom stereocenters. The fourth-order valence-corrected chi connectivity index (χ4v) is 4.51. The Morgan fingerprint density at radius 3 is 2.55 bits per heavy atom. The van der Waals surface area contributed by atoms with Crippen molar-refractivity contribution >= 4 is 17.9 Å². The summed E-state index contributed by atoms with van der Waals surface area (Å²) in [4.78, 5) is 41.7. The van der Waals surface area contributed by atoms with Gasteiger partial charge in [0.2, 0.25) is 11.8 Å². The maximum Gasteiger partial charge on any atom is 0.416 e. The standard InChI is InChI=1S/C25H28N2O6/c1-16-21(14-26(23(16)28)13-18-9-10-20(31-2)12-22(18)32-3)24(29)27-19(15-33-25(27)30)11-17-7-5-4-6-8-17/h4-10,12,16,19,21H,11,13-15H2,1-3H3/t16-,19-,21+/m1/s1. The lowest BCUT2D eigenvalue weighted by Gasteiger charge is -2.24. The van der Waals surface area contributed by atoms with Gasteiger partial charge in [0, 0.05) is 30.6 Å². The quantitative estimate of drug-likeness (QED) is 0.642. The summed E-state index contributed by atoms with van der Waals surface area (Å²) < 4.78 is 15.9. The highest BCUT2D eigenvalue weighted by atomic mass is 16.6. The molecule has 2 saturated heterocycles. The first-order valence-corrected chi connectivity index (χ1v) is 11.0. The molecule has 0 aliphatic carbocycles. The second-order valence-electron chi connectivity index (χ2n) is 8.42. The van der Waals surface area contributed by atoms with Gasteiger partial charge in [0.1, 0.15) is 18.1 Å². The number of carbonyl (C=O) groups excluding carboxylic acids is 3. The van der Waals surface area contributed by atoms with Crippen LogP contribution in [0.2, 0.25) is 0 Å². The van der Waals surface area contributed by atoms with Crippen molar-refractivity contribution in [3.63, 3.8) is 0 Å². The molecule has 8 heteroatoms. The Morgan fingerprint density at radius 1 is 1.09 bits per heavy atom. The zero-order valence-corrected chi connectivity index (χ0v) is 19.0. The second kappa shape index (κ2) is 9.52. The monoisotopic (exact) mass is 452 g/mol. The number of rotatable bonds is 7. The molecule has 0 saturated carbocycles. The summed E-state index contributed by atoms with van der Waals surface area (Å²) in [6, 6.07) is 14.7. The predicted octanol–water partition coefficient (Wildman–Crippen LogP) is 2.89. The lowest BCUT2D eigenvalue weighted by molar-refractivity contribution is -0.136. The molecule has 8 nitrogen and oxygen atoms in total. The molecule has 2 heterocycles. The Hall–Kier alpha value is -3.55. The van der Waals surface area contributed by atoms with E-state index in [1.54, 1.807) is 38.2 Å². The summed E-state index contributed by atoms with van der Waals surface area (Å²) in [6.45, 7) is 2.43. The van der Waals surface area contributed by atoms with E-state index in [0.717, 1.165) is 11.1 Å². The highest BCUT2D eigenvalue weighted by Gasteiger charge is 2.48. The third-order valence-corrected chi connectivity index (χ3v) is 6.41. The van der Waals surface area contributed by atoms with Gasteiger partial charge >= 0.3 is 6.09 Å². The molecule has 2 aliphatic rings. The fourth-order valence-electron chi connectivity index (χ4n) is 4.51. The van der Waals surface area contributed by atoms with Gasteiger partial charge in [-0.15, -0.1) is 0 Å². The summed E-state index contributed by atoms with van der Waals surface area (Å²) in [7, 11) is 3.13. The molecule has 2 aromatic carbocycles. The van der Waals surface area contributed by atoms with Crippen molar-refractivity contribution in [3.05, 3.63) is 59.7 Å². The minimum Gasteiger partial charge on any atom is -0.497 e. The van der Waals surface area contributed by atoms with E-state index in [9.17, 15) is 14.4 Å². The van der Waals surface area contributed by atoms with Crippen LogP contribution in [0.15, 0.2) is 48.5 Å². The van der Waals surface area contributed by atoms with E-state index >= 15 is 0 Å². The van der Waals surface area contributed by atoms with Crippen molar-refractivity contribution in [2.24, 2.45) is 11.8 Å². The Bertz CT molecular complexity index is 1040. The van der Waals surface area contributed by atoms with Gasteiger partial charge in [0.15, 0.2) is 0 Å². The Morgan fingerprint density at radius 2 is 1.85 bits per heavy atom. The van der Waals surface area contributed by atoms with Crippen LogP contribution >= 0.6 is 0 Å². The summed E-state index contributed by atoms with van der Waals surface area (Å²) >= 11 is 0. The normalized spacial score (nSPS) is 22.5. The van der Waals surface area contributed by atoms with Crippen LogP contribution in [0.3, 0.4) is 0 Å². The molecule has 0 radical (unpaired) electrons. The van der Waals surface area contributed by atoms with E-state index in [1.807, 2.05) is 36.4 Å². The number of amides is 3. The number of likely N-dealkylation sites (tertiary alicyclic amines) is 1. The van der Waals surface area contributed by atoms with Gasteiger partial charge in [0.25, 0.3) is 0 Å². The summed E-state index contributed by atoms with van der Waals surface area (Å²) in [5.41, 5.74) is 1.83. The molecule has 2 aliphatic heterocycles. The molecule has 4 rings (SSSR count). The SMILES string of the molecule is COc1ccc(CN2C[C@H](C(=O)N3C(=O)OC[C@H]3Cc3ccccc3)[C@@H](C)C2=O)c(OC)c1. The number of carbonyl (C=O) groups is 3. The minimum atomic E-state index is -0.643. The van der Waals surface area contributed by atoms with Crippen molar-refractivity contribution in [2.75, 3.05) is 27.4 Å². The Kier molecular flexibility index (Phi) is 6.53. The van der Waals surface area contributed by atoms with Crippen LogP contribution in [-0.2, 0) is 27.3 Å². The largest absolute Gasteiger partial charge is 0.497 e. The van der Waals surface area contributed by atoms with Gasteiger partial charge in [-0.1, -0.05) is 37.3 Å². The third kappa shape index (κ3) is 4.51. The zero-order chi connectivity index (χ0) is 23.5. The number of ether oxygens (including phenoxy) is 3. The molecule has 2 fully saturated rings. The van der Waals surface area contributed by atoms with Gasteiger partial charge in [-0.25, -0.2) is 9.69 Å². The first-order chi connectivity index (χ1) is 15.9. The van der Waals surface area contributed by atoms with Crippen LogP contribution in [0.5, 0.6) is 11.5 Å². The zero-order valence-electron chi connectivity index (χ0n) is 19.0. The topological polar surface area (TPSA) is 85.4 Å². The van der Waals surface area contributed by atoms with E-state index in [0.29, 0.717) is 24.5 Å². The molecule has 0 bridgehead atoms. The number of hydrogen-bond donors (Lipinski definition) is 0. The van der Waals surface area contributed by atoms with Crippen LogP contribution in [0.25, 0.3) is 0 Å². The molecule has 0 aromatic heterocycles. The molecule has 3 amide bonds. The van der Waals surface area contributed by atoms with Crippen molar-refractivity contribution in [1.29, 1.82) is 0 Å². The van der Waals surface area contributed by atoms with E-state index in [1.165, 1.54) is 4.90 Å².